The summed E-state index contributed by atoms with van der Waals surface area (Å²) in [7, 11) is 0. The minimum atomic E-state index is -0.144. The van der Waals surface area contributed by atoms with Crippen molar-refractivity contribution < 1.29 is 14.3 Å². The molecule has 0 radical (unpaired) electrons. The van der Waals surface area contributed by atoms with E-state index < -0.39 is 0 Å². The Bertz CT molecular complexity index is 703. The van der Waals surface area contributed by atoms with Crippen LogP contribution in [0.1, 0.15) is 48.5 Å². The maximum Gasteiger partial charge on any atom is 0.259 e. The molecular weight excluding hydrogens is 316 g/mol. The number of benzene rings is 1. The zero-order valence-corrected chi connectivity index (χ0v) is 14.6. The smallest absolute Gasteiger partial charge is 0.259 e. The first-order valence-corrected chi connectivity index (χ1v) is 9.08. The van der Waals surface area contributed by atoms with Crippen molar-refractivity contribution in [3.05, 3.63) is 42.0 Å². The Morgan fingerprint density at radius 1 is 1.36 bits per heavy atom. The molecular formula is C20H24N2O3. The summed E-state index contributed by atoms with van der Waals surface area (Å²) >= 11 is 0. The number of ether oxygens (including phenoxy) is 1. The number of fused-ring (bicyclic) bond motifs is 1. The molecule has 2 atom stereocenters. The van der Waals surface area contributed by atoms with Gasteiger partial charge in [0.05, 0.1) is 6.10 Å². The molecule has 0 bridgehead atoms. The summed E-state index contributed by atoms with van der Waals surface area (Å²) in [6, 6.07) is 7.52. The Kier molecular flexibility index (Phi) is 3.91. The lowest BCUT2D eigenvalue weighted by molar-refractivity contribution is -0.175. The monoisotopic (exact) mass is 340 g/mol. The molecule has 1 spiro atoms. The number of hydrogen-bond donors (Lipinski definition) is 1. The van der Waals surface area contributed by atoms with Crippen molar-refractivity contribution in [3.8, 4) is 0 Å². The maximum atomic E-state index is 12.5. The Morgan fingerprint density at radius 3 is 2.68 bits per heavy atom. The first-order chi connectivity index (χ1) is 12.1. The van der Waals surface area contributed by atoms with Crippen LogP contribution in [-0.4, -0.2) is 42.0 Å². The minimum absolute atomic E-state index is 0.0260. The summed E-state index contributed by atoms with van der Waals surface area (Å²) in [5.41, 5.74) is 2.17. The molecule has 5 nitrogen and oxygen atoms in total. The van der Waals surface area contributed by atoms with Gasteiger partial charge in [-0.25, -0.2) is 0 Å². The molecule has 3 aliphatic rings. The van der Waals surface area contributed by atoms with E-state index in [-0.39, 0.29) is 35.9 Å². The van der Waals surface area contributed by atoms with Crippen LogP contribution in [0.5, 0.6) is 0 Å². The van der Waals surface area contributed by atoms with E-state index in [4.69, 9.17) is 4.74 Å². The summed E-state index contributed by atoms with van der Waals surface area (Å²) in [6.07, 6.45) is 4.57. The largest absolute Gasteiger partial charge is 0.378 e. The summed E-state index contributed by atoms with van der Waals surface area (Å²) in [6.45, 7) is 6.75. The quantitative estimate of drug-likeness (QED) is 0.896. The molecule has 0 unspecified atom stereocenters. The molecule has 1 aromatic carbocycles. The van der Waals surface area contributed by atoms with Gasteiger partial charge in [0.15, 0.2) is 0 Å². The molecule has 2 amide bonds. The molecule has 1 aromatic rings. The van der Waals surface area contributed by atoms with Crippen molar-refractivity contribution in [1.29, 1.82) is 0 Å². The van der Waals surface area contributed by atoms with Gasteiger partial charge in [0, 0.05) is 34.9 Å². The predicted molar refractivity (Wildman–Crippen MR) is 94.8 cm³/mol. The Hall–Kier alpha value is -2.14. The second-order valence-corrected chi connectivity index (χ2v) is 7.27. The van der Waals surface area contributed by atoms with Gasteiger partial charge in [0.2, 0.25) is 5.91 Å². The summed E-state index contributed by atoms with van der Waals surface area (Å²) < 4.78 is 5.83. The normalized spacial score (nSPS) is 26.2. The van der Waals surface area contributed by atoms with Crippen LogP contribution in [0.25, 0.3) is 5.70 Å². The highest BCUT2D eigenvalue weighted by molar-refractivity contribution is 6.10. The number of carbonyl (C=O) groups is 2. The van der Waals surface area contributed by atoms with Crippen molar-refractivity contribution in [3.63, 3.8) is 0 Å². The first kappa shape index (κ1) is 16.3. The average Bonchev–Trinajstić information content (AvgIpc) is 2.78. The average molecular weight is 340 g/mol. The van der Waals surface area contributed by atoms with Crippen molar-refractivity contribution in [2.45, 2.75) is 44.8 Å². The van der Waals surface area contributed by atoms with Gasteiger partial charge in [-0.3, -0.25) is 14.5 Å². The number of nitrogens with one attached hydrogen (secondary N) is 1. The summed E-state index contributed by atoms with van der Waals surface area (Å²) in [5, 5.41) is 3.14. The minimum Gasteiger partial charge on any atom is -0.378 e. The van der Waals surface area contributed by atoms with Gasteiger partial charge in [-0.1, -0.05) is 31.2 Å². The van der Waals surface area contributed by atoms with Gasteiger partial charge in [0.1, 0.15) is 6.54 Å². The van der Waals surface area contributed by atoms with Crippen molar-refractivity contribution in [2.24, 2.45) is 5.41 Å². The topological polar surface area (TPSA) is 58.6 Å². The molecule has 25 heavy (non-hydrogen) atoms. The molecule has 0 saturated heterocycles. The van der Waals surface area contributed by atoms with Gasteiger partial charge in [0.25, 0.3) is 5.91 Å². The van der Waals surface area contributed by atoms with Crippen LogP contribution >= 0.6 is 0 Å². The second-order valence-electron chi connectivity index (χ2n) is 7.27. The highest BCUT2D eigenvalue weighted by Crippen LogP contribution is 2.57. The molecule has 2 aliphatic carbocycles. The van der Waals surface area contributed by atoms with Crippen LogP contribution in [0.15, 0.2) is 30.8 Å². The maximum absolute atomic E-state index is 12.5. The molecule has 2 saturated carbocycles. The lowest BCUT2D eigenvalue weighted by Gasteiger charge is -2.61. The van der Waals surface area contributed by atoms with Crippen LogP contribution in [0.4, 0.5) is 0 Å². The number of carbonyl (C=O) groups excluding carboxylic acids is 2. The van der Waals surface area contributed by atoms with Crippen molar-refractivity contribution in [1.82, 2.24) is 10.2 Å². The van der Waals surface area contributed by atoms with Crippen LogP contribution in [0.2, 0.25) is 0 Å². The second kappa shape index (κ2) is 5.99. The lowest BCUT2D eigenvalue weighted by atomic mass is 9.51. The zero-order chi connectivity index (χ0) is 17.6. The number of hydrogen-bond acceptors (Lipinski definition) is 3. The van der Waals surface area contributed by atoms with E-state index in [9.17, 15) is 9.59 Å². The standard InChI is InChI=1S/C20H24N2O3/c1-3-25-17-11-16(20(17)9-6-10-20)21-18(23)12-22-13(2)14-7-4-5-8-15(14)19(22)24/h4-5,7-8,16-17H,2-3,6,9-12H2,1H3,(H,21,23)/t16-,17+/m1/s1. The molecule has 5 heteroatoms. The number of amides is 2. The SMILES string of the molecule is C=C1c2ccccc2C(=O)N1CC(=O)N[C@@H]1C[C@H](OCC)C12CCC2. The van der Waals surface area contributed by atoms with E-state index in [1.807, 2.05) is 25.1 Å². The molecule has 1 heterocycles. The Morgan fingerprint density at radius 2 is 2.08 bits per heavy atom. The van der Waals surface area contributed by atoms with E-state index in [0.717, 1.165) is 24.8 Å². The van der Waals surface area contributed by atoms with Gasteiger partial charge in [-0.05, 0) is 32.3 Å². The highest BCUT2D eigenvalue weighted by Gasteiger charge is 2.59. The molecule has 1 aliphatic heterocycles. The Balaban J connectivity index is 1.39. The molecule has 1 N–H and O–H groups in total. The number of nitrogens with zero attached hydrogens (tertiary/aromatic N) is 1. The fourth-order valence-corrected chi connectivity index (χ4v) is 4.53. The van der Waals surface area contributed by atoms with Gasteiger partial charge < -0.3 is 10.1 Å². The van der Waals surface area contributed by atoms with Crippen LogP contribution < -0.4 is 5.32 Å². The zero-order valence-electron chi connectivity index (χ0n) is 14.6. The highest BCUT2D eigenvalue weighted by atomic mass is 16.5. The Labute approximate surface area is 148 Å². The summed E-state index contributed by atoms with van der Waals surface area (Å²) in [5.74, 6) is -0.261. The van der Waals surface area contributed by atoms with Crippen molar-refractivity contribution in [2.75, 3.05) is 13.2 Å². The van der Waals surface area contributed by atoms with Crippen LogP contribution in [0, 0.1) is 5.41 Å². The first-order valence-electron chi connectivity index (χ1n) is 9.08. The molecule has 132 valence electrons. The van der Waals surface area contributed by atoms with E-state index >= 15 is 0 Å². The van der Waals surface area contributed by atoms with Crippen LogP contribution in [0.3, 0.4) is 0 Å². The summed E-state index contributed by atoms with van der Waals surface area (Å²) in [4.78, 5) is 26.5. The lowest BCUT2D eigenvalue weighted by Crippen LogP contribution is -2.68. The fourth-order valence-electron chi connectivity index (χ4n) is 4.53. The van der Waals surface area contributed by atoms with E-state index in [2.05, 4.69) is 11.9 Å². The van der Waals surface area contributed by atoms with Crippen LogP contribution in [-0.2, 0) is 9.53 Å². The molecule has 0 aromatic heterocycles. The van der Waals surface area contributed by atoms with Gasteiger partial charge >= 0.3 is 0 Å². The van der Waals surface area contributed by atoms with E-state index in [0.29, 0.717) is 17.9 Å². The van der Waals surface area contributed by atoms with E-state index in [1.54, 1.807) is 6.07 Å². The third-order valence-corrected chi connectivity index (χ3v) is 6.11. The van der Waals surface area contributed by atoms with Crippen molar-refractivity contribution >= 4 is 17.5 Å². The number of rotatable bonds is 5. The molecule has 4 rings (SSSR count). The third-order valence-electron chi connectivity index (χ3n) is 6.11. The van der Waals surface area contributed by atoms with Gasteiger partial charge in [-0.15, -0.1) is 0 Å². The molecule has 2 fully saturated rings. The predicted octanol–water partition coefficient (Wildman–Crippen LogP) is 2.58. The van der Waals surface area contributed by atoms with E-state index in [1.165, 1.54) is 11.3 Å². The third kappa shape index (κ3) is 2.41. The van der Waals surface area contributed by atoms with Gasteiger partial charge in [-0.2, -0.15) is 0 Å². The fraction of sp³-hybridized carbons (Fsp3) is 0.500.